The van der Waals surface area contributed by atoms with Crippen molar-refractivity contribution in [2.24, 2.45) is 17.8 Å². The predicted molar refractivity (Wildman–Crippen MR) is 90.6 cm³/mol. The van der Waals surface area contributed by atoms with Crippen LogP contribution in [0.4, 0.5) is 13.2 Å². The molecule has 0 spiro atoms. The summed E-state index contributed by atoms with van der Waals surface area (Å²) in [5.41, 5.74) is 1.11. The van der Waals surface area contributed by atoms with Crippen molar-refractivity contribution in [3.8, 4) is 11.8 Å². The van der Waals surface area contributed by atoms with Gasteiger partial charge in [0.15, 0.2) is 0 Å². The van der Waals surface area contributed by atoms with E-state index in [1.807, 2.05) is 19.1 Å². The molecule has 1 aliphatic heterocycles. The lowest BCUT2D eigenvalue weighted by molar-refractivity contribution is -0.148. The Morgan fingerprint density at radius 2 is 2.04 bits per heavy atom. The molecule has 26 heavy (non-hydrogen) atoms. The van der Waals surface area contributed by atoms with Gasteiger partial charge < -0.3 is 4.74 Å². The van der Waals surface area contributed by atoms with Crippen LogP contribution < -0.4 is 4.74 Å². The summed E-state index contributed by atoms with van der Waals surface area (Å²) in [6.45, 7) is 2.75. The smallest absolute Gasteiger partial charge is 0.401 e. The first-order valence-corrected chi connectivity index (χ1v) is 9.15. The number of nitrogens with zero attached hydrogens (tertiary/aromatic N) is 3. The van der Waals surface area contributed by atoms with Gasteiger partial charge >= 0.3 is 6.18 Å². The van der Waals surface area contributed by atoms with Gasteiger partial charge in [-0.15, -0.1) is 0 Å². The van der Waals surface area contributed by atoms with E-state index in [1.54, 1.807) is 6.07 Å². The number of halogens is 3. The number of aromatic nitrogens is 1. The van der Waals surface area contributed by atoms with E-state index in [0.29, 0.717) is 48.9 Å². The van der Waals surface area contributed by atoms with Crippen LogP contribution in [0, 0.1) is 36.0 Å². The van der Waals surface area contributed by atoms with Crippen LogP contribution in [0.2, 0.25) is 0 Å². The van der Waals surface area contributed by atoms with Crippen molar-refractivity contribution in [2.45, 2.75) is 38.8 Å². The monoisotopic (exact) mass is 367 g/mol. The Balaban J connectivity index is 1.37. The maximum absolute atomic E-state index is 12.4. The van der Waals surface area contributed by atoms with Crippen LogP contribution in [0.25, 0.3) is 0 Å². The lowest BCUT2D eigenvalue weighted by atomic mass is 9.90. The normalized spacial score (nSPS) is 24.3. The van der Waals surface area contributed by atoms with Crippen molar-refractivity contribution in [3.05, 3.63) is 23.5 Å². The molecule has 4 nitrogen and oxygen atoms in total. The number of pyridine rings is 1. The molecule has 2 fully saturated rings. The molecular weight excluding hydrogens is 343 g/mol. The van der Waals surface area contributed by atoms with Gasteiger partial charge in [-0.25, -0.2) is 4.98 Å². The standard InChI is InChI=1S/C19H24F3N3O/c1-13-8-17(10-16(11-23)24-13)26-7-4-15-9-18(15)14-2-5-25(6-3-14)12-19(20,21)22/h8,10,14-15,18H,2-7,9,12H2,1H3/t15-,18-/m1/s1. The average molecular weight is 367 g/mol. The minimum absolute atomic E-state index is 0.356. The summed E-state index contributed by atoms with van der Waals surface area (Å²) < 4.78 is 43.1. The second-order valence-electron chi connectivity index (χ2n) is 7.47. The number of hydrogen-bond acceptors (Lipinski definition) is 4. The Labute approximate surface area is 152 Å². The zero-order chi connectivity index (χ0) is 18.7. The van der Waals surface area contributed by atoms with Gasteiger partial charge in [0.2, 0.25) is 0 Å². The van der Waals surface area contributed by atoms with Crippen molar-refractivity contribution in [2.75, 3.05) is 26.2 Å². The second kappa shape index (κ2) is 7.83. The summed E-state index contributed by atoms with van der Waals surface area (Å²) >= 11 is 0. The highest BCUT2D eigenvalue weighted by molar-refractivity contribution is 5.32. The largest absolute Gasteiger partial charge is 0.493 e. The predicted octanol–water partition coefficient (Wildman–Crippen LogP) is 3.94. The molecule has 0 bridgehead atoms. The highest BCUT2D eigenvalue weighted by atomic mass is 19.4. The number of alkyl halides is 3. The molecule has 0 unspecified atom stereocenters. The number of nitriles is 1. The molecule has 1 saturated carbocycles. The first-order chi connectivity index (χ1) is 12.3. The molecule has 2 atom stereocenters. The Morgan fingerprint density at radius 3 is 2.69 bits per heavy atom. The van der Waals surface area contributed by atoms with Crippen molar-refractivity contribution >= 4 is 0 Å². The molecule has 1 saturated heterocycles. The van der Waals surface area contributed by atoms with Crippen LogP contribution in [0.3, 0.4) is 0 Å². The van der Waals surface area contributed by atoms with E-state index in [1.165, 1.54) is 4.90 Å². The van der Waals surface area contributed by atoms with E-state index in [9.17, 15) is 13.2 Å². The lowest BCUT2D eigenvalue weighted by Crippen LogP contribution is -2.40. The van der Waals surface area contributed by atoms with Gasteiger partial charge in [-0.3, -0.25) is 4.90 Å². The van der Waals surface area contributed by atoms with Gasteiger partial charge in [-0.05, 0) is 63.5 Å². The average Bonchev–Trinajstić information content (AvgIpc) is 3.33. The summed E-state index contributed by atoms with van der Waals surface area (Å²) in [6, 6.07) is 5.49. The fourth-order valence-electron chi connectivity index (χ4n) is 4.08. The van der Waals surface area contributed by atoms with Crippen molar-refractivity contribution in [1.29, 1.82) is 5.26 Å². The fourth-order valence-corrected chi connectivity index (χ4v) is 4.08. The molecule has 1 aromatic rings. The van der Waals surface area contributed by atoms with Crippen LogP contribution in [0.5, 0.6) is 5.75 Å². The van der Waals surface area contributed by atoms with Gasteiger partial charge in [0.05, 0.1) is 13.2 Å². The van der Waals surface area contributed by atoms with Crippen molar-refractivity contribution in [3.63, 3.8) is 0 Å². The van der Waals surface area contributed by atoms with Gasteiger partial charge in [0.1, 0.15) is 17.5 Å². The van der Waals surface area contributed by atoms with Crippen LogP contribution in [-0.2, 0) is 0 Å². The molecule has 0 amide bonds. The third kappa shape index (κ3) is 5.34. The molecule has 0 aromatic carbocycles. The van der Waals surface area contributed by atoms with E-state index in [4.69, 9.17) is 10.00 Å². The number of aryl methyl sites for hydroxylation is 1. The Hall–Kier alpha value is -1.81. The quantitative estimate of drug-likeness (QED) is 0.764. The molecule has 2 heterocycles. The Bertz CT molecular complexity index is 663. The molecule has 2 aliphatic rings. The highest BCUT2D eigenvalue weighted by Crippen LogP contribution is 2.49. The van der Waals surface area contributed by atoms with Crippen LogP contribution >= 0.6 is 0 Å². The van der Waals surface area contributed by atoms with Gasteiger partial charge in [0.25, 0.3) is 0 Å². The minimum Gasteiger partial charge on any atom is -0.493 e. The molecule has 0 N–H and O–H groups in total. The minimum atomic E-state index is -4.09. The summed E-state index contributed by atoms with van der Waals surface area (Å²) in [6.07, 6.45) is -0.244. The number of rotatable bonds is 6. The van der Waals surface area contributed by atoms with Crippen molar-refractivity contribution in [1.82, 2.24) is 9.88 Å². The third-order valence-corrected chi connectivity index (χ3v) is 5.42. The molecule has 0 radical (unpaired) electrons. The van der Waals surface area contributed by atoms with E-state index >= 15 is 0 Å². The van der Waals surface area contributed by atoms with Gasteiger partial charge in [0, 0.05) is 17.8 Å². The first-order valence-electron chi connectivity index (χ1n) is 9.15. The Morgan fingerprint density at radius 1 is 1.31 bits per heavy atom. The molecule has 142 valence electrons. The lowest BCUT2D eigenvalue weighted by Gasteiger charge is -2.32. The summed E-state index contributed by atoms with van der Waals surface area (Å²) in [5, 5.41) is 8.94. The molecule has 7 heteroatoms. The van der Waals surface area contributed by atoms with E-state index in [0.717, 1.165) is 31.4 Å². The number of piperidine rings is 1. The van der Waals surface area contributed by atoms with Crippen LogP contribution in [-0.4, -0.2) is 42.3 Å². The zero-order valence-electron chi connectivity index (χ0n) is 14.9. The van der Waals surface area contributed by atoms with Crippen molar-refractivity contribution < 1.29 is 17.9 Å². The first kappa shape index (κ1) is 19.0. The zero-order valence-corrected chi connectivity index (χ0v) is 14.9. The molecule has 1 aliphatic carbocycles. The summed E-state index contributed by atoms with van der Waals surface area (Å²) in [4.78, 5) is 5.62. The van der Waals surface area contributed by atoms with Crippen LogP contribution in [0.15, 0.2) is 12.1 Å². The number of likely N-dealkylation sites (tertiary alicyclic amines) is 1. The summed E-state index contributed by atoms with van der Waals surface area (Å²) in [7, 11) is 0. The van der Waals surface area contributed by atoms with Gasteiger partial charge in [-0.2, -0.15) is 18.4 Å². The maximum Gasteiger partial charge on any atom is 0.401 e. The summed E-state index contributed by atoms with van der Waals surface area (Å²) in [5.74, 6) is 2.48. The Kier molecular flexibility index (Phi) is 5.71. The number of ether oxygens (including phenoxy) is 1. The van der Waals surface area contributed by atoms with Gasteiger partial charge in [-0.1, -0.05) is 0 Å². The number of hydrogen-bond donors (Lipinski definition) is 0. The van der Waals surface area contributed by atoms with E-state index in [-0.39, 0.29) is 0 Å². The topological polar surface area (TPSA) is 49.1 Å². The highest BCUT2D eigenvalue weighted by Gasteiger charge is 2.43. The maximum atomic E-state index is 12.4. The SMILES string of the molecule is Cc1cc(OCC[C@@H]2C[C@@H]2C2CCN(CC(F)(F)F)CC2)cc(C#N)n1. The van der Waals surface area contributed by atoms with Crippen LogP contribution in [0.1, 0.15) is 37.1 Å². The molecular formula is C19H24F3N3O. The molecule has 3 rings (SSSR count). The molecule has 1 aromatic heterocycles. The third-order valence-electron chi connectivity index (χ3n) is 5.42. The van der Waals surface area contributed by atoms with E-state index < -0.39 is 12.7 Å². The van der Waals surface area contributed by atoms with E-state index in [2.05, 4.69) is 4.98 Å². The fraction of sp³-hybridized carbons (Fsp3) is 0.684. The second-order valence-corrected chi connectivity index (χ2v) is 7.47.